The minimum Gasteiger partial charge on any atom is -0.389 e. The van der Waals surface area contributed by atoms with Crippen LogP contribution in [0.25, 0.3) is 0 Å². The maximum absolute atomic E-state index is 12.4. The second kappa shape index (κ2) is 6.41. The van der Waals surface area contributed by atoms with Crippen LogP contribution in [0.1, 0.15) is 37.7 Å². The molecule has 1 aliphatic rings. The van der Waals surface area contributed by atoms with E-state index in [1.54, 1.807) is 18.2 Å². The summed E-state index contributed by atoms with van der Waals surface area (Å²) in [5.74, 6) is 0. The Morgan fingerprint density at radius 3 is 2.55 bits per heavy atom. The third-order valence-corrected chi connectivity index (χ3v) is 6.06. The fraction of sp³-hybridized carbons (Fsp3) is 0.462. The molecule has 0 radical (unpaired) electrons. The van der Waals surface area contributed by atoms with Gasteiger partial charge in [-0.1, -0.05) is 47.4 Å². The zero-order valence-electron chi connectivity index (χ0n) is 10.9. The van der Waals surface area contributed by atoms with E-state index in [0.717, 1.165) is 23.7 Å². The first-order valence-electron chi connectivity index (χ1n) is 6.51. The lowest BCUT2D eigenvalue weighted by molar-refractivity contribution is 0.486. The normalized spacial score (nSPS) is 16.9. The Balaban J connectivity index is 2.27. The molecule has 0 bridgehead atoms. The van der Waals surface area contributed by atoms with E-state index in [0.29, 0.717) is 24.1 Å². The van der Waals surface area contributed by atoms with E-state index < -0.39 is 10.0 Å². The summed E-state index contributed by atoms with van der Waals surface area (Å²) >= 11 is 8.31. The first-order valence-corrected chi connectivity index (χ1v) is 9.26. The van der Waals surface area contributed by atoms with Crippen molar-refractivity contribution in [2.24, 2.45) is 5.73 Å². The van der Waals surface area contributed by atoms with E-state index in [-0.39, 0.29) is 10.2 Å². The number of benzene rings is 1. The lowest BCUT2D eigenvalue weighted by atomic mass is 10.0. The molecule has 0 aliphatic heterocycles. The lowest BCUT2D eigenvalue weighted by Crippen LogP contribution is -2.30. The molecule has 4 nitrogen and oxygen atoms in total. The van der Waals surface area contributed by atoms with Crippen LogP contribution in [0.5, 0.6) is 0 Å². The van der Waals surface area contributed by atoms with Crippen LogP contribution in [0.15, 0.2) is 22.7 Å². The summed E-state index contributed by atoms with van der Waals surface area (Å²) in [4.78, 5) is 0.174. The van der Waals surface area contributed by atoms with Gasteiger partial charge in [0.1, 0.15) is 4.99 Å². The van der Waals surface area contributed by atoms with Gasteiger partial charge in [0.05, 0.1) is 10.9 Å². The number of hydrogen-bond donors (Lipinski definition) is 2. The molecule has 1 fully saturated rings. The SMILES string of the molecule is NC(=S)c1cc(Br)ccc1NS(=O)(=O)C1CCCCC1. The van der Waals surface area contributed by atoms with Crippen LogP contribution in [0.4, 0.5) is 5.69 Å². The molecule has 0 atom stereocenters. The average Bonchev–Trinajstić information content (AvgIpc) is 2.41. The highest BCUT2D eigenvalue weighted by Crippen LogP contribution is 2.27. The van der Waals surface area contributed by atoms with Gasteiger partial charge in [0.2, 0.25) is 10.0 Å². The second-order valence-corrected chi connectivity index (χ2v) is 8.28. The standard InChI is InChI=1S/C13H17BrN2O2S2/c14-9-6-7-12(11(8-9)13(15)19)16-20(17,18)10-4-2-1-3-5-10/h6-8,10,16H,1-5H2,(H2,15,19). The molecule has 0 unspecified atom stereocenters. The van der Waals surface area contributed by atoms with Crippen LogP contribution in [0.3, 0.4) is 0 Å². The predicted octanol–water partition coefficient (Wildman–Crippen LogP) is 3.16. The smallest absolute Gasteiger partial charge is 0.235 e. The summed E-state index contributed by atoms with van der Waals surface area (Å²) < 4.78 is 28.3. The van der Waals surface area contributed by atoms with Crippen molar-refractivity contribution < 1.29 is 8.42 Å². The molecule has 0 aromatic heterocycles. The minimum atomic E-state index is -3.39. The summed E-state index contributed by atoms with van der Waals surface area (Å²) in [6.07, 6.45) is 4.48. The van der Waals surface area contributed by atoms with Crippen molar-refractivity contribution >= 4 is 48.8 Å². The molecule has 110 valence electrons. The summed E-state index contributed by atoms with van der Waals surface area (Å²) in [7, 11) is -3.39. The number of thiocarbonyl (C=S) groups is 1. The highest BCUT2D eigenvalue weighted by molar-refractivity contribution is 9.10. The highest BCUT2D eigenvalue weighted by atomic mass is 79.9. The number of anilines is 1. The van der Waals surface area contributed by atoms with Gasteiger partial charge in [-0.3, -0.25) is 4.72 Å². The molecule has 20 heavy (non-hydrogen) atoms. The number of halogens is 1. The third-order valence-electron chi connectivity index (χ3n) is 3.49. The van der Waals surface area contributed by atoms with Gasteiger partial charge in [0.15, 0.2) is 0 Å². The number of sulfonamides is 1. The topological polar surface area (TPSA) is 72.2 Å². The second-order valence-electron chi connectivity index (χ2n) is 4.96. The Labute approximate surface area is 133 Å². The zero-order chi connectivity index (χ0) is 14.8. The Morgan fingerprint density at radius 2 is 1.95 bits per heavy atom. The van der Waals surface area contributed by atoms with Gasteiger partial charge in [0.25, 0.3) is 0 Å². The van der Waals surface area contributed by atoms with Gasteiger partial charge in [-0.15, -0.1) is 0 Å². The van der Waals surface area contributed by atoms with Crippen molar-refractivity contribution in [1.29, 1.82) is 0 Å². The van der Waals surface area contributed by atoms with Crippen molar-refractivity contribution in [2.75, 3.05) is 4.72 Å². The monoisotopic (exact) mass is 376 g/mol. The Bertz CT molecular complexity index is 611. The van der Waals surface area contributed by atoms with Crippen molar-refractivity contribution in [3.63, 3.8) is 0 Å². The van der Waals surface area contributed by atoms with Gasteiger partial charge in [-0.05, 0) is 31.0 Å². The largest absolute Gasteiger partial charge is 0.389 e. The van der Waals surface area contributed by atoms with Crippen molar-refractivity contribution in [1.82, 2.24) is 0 Å². The molecule has 0 spiro atoms. The molecule has 1 aromatic carbocycles. The first-order chi connectivity index (χ1) is 9.40. The number of rotatable bonds is 4. The Hall–Kier alpha value is -0.660. The lowest BCUT2D eigenvalue weighted by Gasteiger charge is -2.23. The summed E-state index contributed by atoms with van der Waals surface area (Å²) in [5, 5.41) is -0.320. The van der Waals surface area contributed by atoms with E-state index in [9.17, 15) is 8.42 Å². The van der Waals surface area contributed by atoms with E-state index >= 15 is 0 Å². The molecule has 7 heteroatoms. The van der Waals surface area contributed by atoms with Crippen molar-refractivity contribution in [2.45, 2.75) is 37.4 Å². The maximum atomic E-state index is 12.4. The van der Waals surface area contributed by atoms with Crippen LogP contribution < -0.4 is 10.5 Å². The molecular weight excluding hydrogens is 360 g/mol. The number of nitrogens with one attached hydrogen (secondary N) is 1. The van der Waals surface area contributed by atoms with E-state index in [4.69, 9.17) is 18.0 Å². The van der Waals surface area contributed by atoms with Gasteiger partial charge < -0.3 is 5.73 Å². The molecular formula is C13H17BrN2O2S2. The molecule has 0 amide bonds. The first kappa shape index (κ1) is 15.7. The fourth-order valence-electron chi connectivity index (χ4n) is 2.42. The predicted molar refractivity (Wildman–Crippen MR) is 89.4 cm³/mol. The van der Waals surface area contributed by atoms with E-state index in [1.807, 2.05) is 0 Å². The quantitative estimate of drug-likeness (QED) is 0.791. The average molecular weight is 377 g/mol. The van der Waals surface area contributed by atoms with E-state index in [2.05, 4.69) is 20.7 Å². The molecule has 0 heterocycles. The van der Waals surface area contributed by atoms with Crippen LogP contribution in [0, 0.1) is 0 Å². The third kappa shape index (κ3) is 3.71. The van der Waals surface area contributed by atoms with Crippen LogP contribution in [-0.2, 0) is 10.0 Å². The maximum Gasteiger partial charge on any atom is 0.235 e. The minimum absolute atomic E-state index is 0.174. The van der Waals surface area contributed by atoms with Crippen LogP contribution in [0.2, 0.25) is 0 Å². The molecule has 1 aromatic rings. The summed E-state index contributed by atoms with van der Waals surface area (Å²) in [6.45, 7) is 0. The molecule has 3 N–H and O–H groups in total. The van der Waals surface area contributed by atoms with Gasteiger partial charge in [-0.25, -0.2) is 8.42 Å². The van der Waals surface area contributed by atoms with Crippen molar-refractivity contribution in [3.05, 3.63) is 28.2 Å². The Kier molecular flexibility index (Phi) is 5.04. The van der Waals surface area contributed by atoms with Gasteiger partial charge in [0, 0.05) is 10.0 Å². The summed E-state index contributed by atoms with van der Waals surface area (Å²) in [5.41, 5.74) is 6.64. The molecule has 0 saturated heterocycles. The van der Waals surface area contributed by atoms with Crippen molar-refractivity contribution in [3.8, 4) is 0 Å². The Morgan fingerprint density at radius 1 is 1.30 bits per heavy atom. The van der Waals surface area contributed by atoms with E-state index in [1.165, 1.54) is 0 Å². The summed E-state index contributed by atoms with van der Waals surface area (Å²) in [6, 6.07) is 5.17. The molecule has 1 aliphatic carbocycles. The molecule has 1 saturated carbocycles. The van der Waals surface area contributed by atoms with Gasteiger partial charge >= 0.3 is 0 Å². The van der Waals surface area contributed by atoms with Crippen LogP contribution >= 0.6 is 28.1 Å². The molecule has 2 rings (SSSR count). The zero-order valence-corrected chi connectivity index (χ0v) is 14.2. The van der Waals surface area contributed by atoms with Crippen LogP contribution in [-0.4, -0.2) is 18.7 Å². The fourth-order valence-corrected chi connectivity index (χ4v) is 4.56. The highest BCUT2D eigenvalue weighted by Gasteiger charge is 2.27. The number of hydrogen-bond acceptors (Lipinski definition) is 3. The van der Waals surface area contributed by atoms with Gasteiger partial charge in [-0.2, -0.15) is 0 Å². The number of nitrogens with two attached hydrogens (primary N) is 1.